The normalized spacial score (nSPS) is 23.2. The van der Waals surface area contributed by atoms with Crippen molar-refractivity contribution in [2.45, 2.75) is 180 Å². The molecule has 3 aliphatic rings. The van der Waals surface area contributed by atoms with Crippen LogP contribution in [-0.4, -0.2) is 122 Å². The summed E-state index contributed by atoms with van der Waals surface area (Å²) < 4.78 is 58.8. The third-order valence-corrected chi connectivity index (χ3v) is 16.1. The van der Waals surface area contributed by atoms with Gasteiger partial charge in [-0.2, -0.15) is 0 Å². The van der Waals surface area contributed by atoms with Crippen molar-refractivity contribution >= 4 is 34.0 Å². The molecule has 2 unspecified atom stereocenters. The SMILES string of the molecule is COCOc1cc(OCC[Si](C)(C)C)cc(/C=C/C[C@@H]2OC(C)(C)O[C@@H]2C(C)/C=C\CCO)c1C(=O)O.COCOc1cc(OCC[Si](C)(C)C)cc2c1C(=O)CCC/C=C\C(C)[C@H]1OC(C)(C)O[C@H]1CCC2. The van der Waals surface area contributed by atoms with E-state index < -0.39 is 33.7 Å². The molecule has 2 aromatic rings. The number of carboxylic acids is 1. The number of aliphatic hydroxyl groups is 1. The number of ketones is 1. The van der Waals surface area contributed by atoms with E-state index in [2.05, 4.69) is 65.3 Å². The lowest BCUT2D eigenvalue weighted by Crippen LogP contribution is -2.28. The maximum absolute atomic E-state index is 13.4. The van der Waals surface area contributed by atoms with Crippen LogP contribution >= 0.6 is 0 Å². The van der Waals surface area contributed by atoms with Gasteiger partial charge in [-0.25, -0.2) is 4.79 Å². The molecule has 0 aromatic heterocycles. The fraction of sp³-hybridized carbons (Fsp3) is 0.649. The zero-order valence-corrected chi connectivity index (χ0v) is 48.6. The van der Waals surface area contributed by atoms with Crippen LogP contribution in [0, 0.1) is 11.8 Å². The number of methoxy groups -OCH3 is 2. The summed E-state index contributed by atoms with van der Waals surface area (Å²) in [6.07, 6.45) is 17.4. The molecule has 2 saturated heterocycles. The smallest absolute Gasteiger partial charge is 0.340 e. The molecule has 0 amide bonds. The van der Waals surface area contributed by atoms with Gasteiger partial charge in [-0.3, -0.25) is 4.79 Å². The average molecular weight is 1060 g/mol. The van der Waals surface area contributed by atoms with E-state index in [0.717, 1.165) is 55.5 Å². The van der Waals surface area contributed by atoms with Gasteiger partial charge in [0.25, 0.3) is 0 Å². The van der Waals surface area contributed by atoms with E-state index >= 15 is 0 Å². The van der Waals surface area contributed by atoms with Gasteiger partial charge in [0.2, 0.25) is 0 Å². The molecule has 0 bridgehead atoms. The number of aryl methyl sites for hydroxylation is 1. The monoisotopic (exact) mass is 1050 g/mol. The van der Waals surface area contributed by atoms with Gasteiger partial charge in [-0.15, -0.1) is 0 Å². The first-order chi connectivity index (χ1) is 34.4. The van der Waals surface area contributed by atoms with Gasteiger partial charge in [-0.1, -0.05) is 89.6 Å². The first kappa shape index (κ1) is 61.7. The number of hydrogen-bond acceptors (Lipinski definition) is 13. The molecule has 1 aliphatic carbocycles. The van der Waals surface area contributed by atoms with Crippen LogP contribution in [0.5, 0.6) is 23.0 Å². The Morgan fingerprint density at radius 2 is 1.42 bits per heavy atom. The Hall–Kier alpha value is -3.85. The molecule has 5 rings (SSSR count). The first-order valence-corrected chi connectivity index (χ1v) is 33.7. The number of benzene rings is 2. The van der Waals surface area contributed by atoms with Crippen LogP contribution in [0.15, 0.2) is 54.6 Å². The summed E-state index contributed by atoms with van der Waals surface area (Å²) in [5.41, 5.74) is 2.17. The van der Waals surface area contributed by atoms with Crippen molar-refractivity contribution in [2.24, 2.45) is 11.8 Å². The molecular formula is C57H90O14Si2. The number of fused-ring (bicyclic) bond motifs is 2. The van der Waals surface area contributed by atoms with Crippen molar-refractivity contribution in [1.82, 2.24) is 0 Å². The third-order valence-electron chi connectivity index (χ3n) is 12.7. The molecule has 73 heavy (non-hydrogen) atoms. The minimum atomic E-state index is -1.29. The van der Waals surface area contributed by atoms with Crippen molar-refractivity contribution < 1.29 is 67.2 Å². The largest absolute Gasteiger partial charge is 0.494 e. The molecule has 2 aliphatic heterocycles. The van der Waals surface area contributed by atoms with Crippen molar-refractivity contribution in [3.05, 3.63) is 76.9 Å². The second-order valence-corrected chi connectivity index (χ2v) is 34.0. The summed E-state index contributed by atoms with van der Waals surface area (Å²) in [6, 6.07) is 9.29. The highest BCUT2D eigenvalue weighted by molar-refractivity contribution is 6.76. The Balaban J connectivity index is 0.000000317. The molecular weight excluding hydrogens is 965 g/mol. The number of carbonyl (C=O) groups is 2. The van der Waals surface area contributed by atoms with E-state index in [9.17, 15) is 14.7 Å². The van der Waals surface area contributed by atoms with E-state index in [1.165, 1.54) is 7.11 Å². The Morgan fingerprint density at radius 1 is 0.808 bits per heavy atom. The van der Waals surface area contributed by atoms with Crippen LogP contribution < -0.4 is 18.9 Å². The Morgan fingerprint density at radius 3 is 2.04 bits per heavy atom. The molecule has 2 heterocycles. The molecule has 14 nitrogen and oxygen atoms in total. The van der Waals surface area contributed by atoms with Gasteiger partial charge in [-0.05, 0) is 108 Å². The molecule has 0 saturated carbocycles. The highest BCUT2D eigenvalue weighted by atomic mass is 28.3. The fourth-order valence-electron chi connectivity index (χ4n) is 8.99. The maximum Gasteiger partial charge on any atom is 0.340 e. The van der Waals surface area contributed by atoms with Crippen molar-refractivity contribution in [3.8, 4) is 23.0 Å². The topological polar surface area (TPSA) is 167 Å². The number of aliphatic hydroxyl groups excluding tert-OH is 1. The summed E-state index contributed by atoms with van der Waals surface area (Å²) in [4.78, 5) is 25.6. The van der Waals surface area contributed by atoms with E-state index in [1.54, 1.807) is 25.3 Å². The van der Waals surface area contributed by atoms with Crippen LogP contribution in [0.3, 0.4) is 0 Å². The summed E-state index contributed by atoms with van der Waals surface area (Å²) >= 11 is 0. The number of carbonyl (C=O) groups excluding carboxylic acids is 1. The van der Waals surface area contributed by atoms with Gasteiger partial charge in [0, 0.05) is 67.4 Å². The van der Waals surface area contributed by atoms with Crippen LogP contribution in [0.25, 0.3) is 6.08 Å². The Labute approximate surface area is 439 Å². The zero-order chi connectivity index (χ0) is 54.0. The molecule has 410 valence electrons. The predicted octanol–water partition coefficient (Wildman–Crippen LogP) is 12.4. The van der Waals surface area contributed by atoms with Gasteiger partial charge in [0.15, 0.2) is 30.9 Å². The molecule has 2 N–H and O–H groups in total. The number of ether oxygens (including phenoxy) is 10. The van der Waals surface area contributed by atoms with E-state index in [1.807, 2.05) is 58.1 Å². The Bertz CT molecular complexity index is 2140. The summed E-state index contributed by atoms with van der Waals surface area (Å²) in [7, 11) is 0.557. The lowest BCUT2D eigenvalue weighted by molar-refractivity contribution is -0.149. The van der Waals surface area contributed by atoms with Crippen LogP contribution in [0.4, 0.5) is 0 Å². The molecule has 0 spiro atoms. The number of hydrogen-bond donors (Lipinski definition) is 2. The van der Waals surface area contributed by atoms with E-state index in [0.29, 0.717) is 55.1 Å². The number of carboxylic acid groups (broad SMARTS) is 1. The molecule has 0 radical (unpaired) electrons. The quantitative estimate of drug-likeness (QED) is 0.0649. The van der Waals surface area contributed by atoms with Crippen molar-refractivity contribution in [2.75, 3.05) is 47.6 Å². The summed E-state index contributed by atoms with van der Waals surface area (Å²) in [5, 5.41) is 19.0. The van der Waals surface area contributed by atoms with Crippen LogP contribution in [-0.2, 0) is 34.8 Å². The fourth-order valence-corrected chi connectivity index (χ4v) is 10.4. The second-order valence-electron chi connectivity index (χ2n) is 22.8. The molecule has 6 atom stereocenters. The number of rotatable bonds is 22. The first-order valence-electron chi connectivity index (χ1n) is 26.3. The van der Waals surface area contributed by atoms with Crippen molar-refractivity contribution in [1.29, 1.82) is 0 Å². The van der Waals surface area contributed by atoms with Gasteiger partial charge in [0.1, 0.15) is 28.6 Å². The van der Waals surface area contributed by atoms with E-state index in [-0.39, 0.29) is 73.5 Å². The highest BCUT2D eigenvalue weighted by Crippen LogP contribution is 2.39. The van der Waals surface area contributed by atoms with Gasteiger partial charge >= 0.3 is 5.97 Å². The lowest BCUT2D eigenvalue weighted by atomic mass is 9.91. The molecule has 2 aromatic carbocycles. The highest BCUT2D eigenvalue weighted by Gasteiger charge is 2.44. The minimum Gasteiger partial charge on any atom is -0.494 e. The zero-order valence-electron chi connectivity index (χ0n) is 46.6. The second kappa shape index (κ2) is 28.9. The standard InChI is InChI=1S/C29H46O6Si.C28H44O8Si/c1-21-12-9-8-10-14-24(30)27-22(13-11-15-25-28(21)35-29(2,3)34-25)18-23(19-26(27)33-20-31-4)32-16-17-36(5,6)7;1-20(11-8-9-14-29)26-23(35-28(2,3)36-26)13-10-12-21-17-22(33-15-16-37(5,6)7)18-24(34-19-32-4)25(21)27(30)31/h9,12,18-19,21,25,28H,8,10-11,13-17,20H2,1-7H3;8,10-12,17-18,20,23,26,29H,9,13-16,19H2,1-7H3,(H,30,31)/b12-9-;11-8-,12-10+/t21?,25-,28+;20?,23-,26+/m00/s1. The van der Waals surface area contributed by atoms with Gasteiger partial charge < -0.3 is 57.6 Å². The maximum atomic E-state index is 13.4. The molecule has 2 fully saturated rings. The summed E-state index contributed by atoms with van der Waals surface area (Å²) in [6.45, 7) is 27.2. The minimum absolute atomic E-state index is 0.0159. The van der Waals surface area contributed by atoms with E-state index in [4.69, 9.17) is 52.5 Å². The van der Waals surface area contributed by atoms with Crippen LogP contribution in [0.1, 0.15) is 118 Å². The number of aromatic carboxylic acids is 1. The Kier molecular flexibility index (Phi) is 24.4. The third kappa shape index (κ3) is 21.0. The number of Topliss-reactive ketones (excluding diaryl/α,β-unsaturated/α-hetero) is 1. The predicted molar refractivity (Wildman–Crippen MR) is 293 cm³/mol. The van der Waals surface area contributed by atoms with Crippen molar-refractivity contribution in [3.63, 3.8) is 0 Å². The molecule has 16 heteroatoms. The lowest BCUT2D eigenvalue weighted by Gasteiger charge is -2.22. The van der Waals surface area contributed by atoms with Crippen LogP contribution in [0.2, 0.25) is 51.4 Å². The average Bonchev–Trinajstić information content (AvgIpc) is 3.79. The van der Waals surface area contributed by atoms with Gasteiger partial charge in [0.05, 0.1) is 43.2 Å². The number of allylic oxidation sites excluding steroid dienone is 1. The summed E-state index contributed by atoms with van der Waals surface area (Å²) in [5.74, 6) is 0.0991.